The molecule has 1 amide bonds. The molecule has 0 aliphatic rings. The fourth-order valence-electron chi connectivity index (χ4n) is 2.88. The van der Waals surface area contributed by atoms with Crippen molar-refractivity contribution in [2.75, 3.05) is 5.32 Å². The van der Waals surface area contributed by atoms with E-state index < -0.39 is 11.7 Å². The first kappa shape index (κ1) is 21.7. The fraction of sp³-hybridized carbons (Fsp3) is 0.261. The maximum Gasteiger partial charge on any atom is 0.411 e. The second-order valence-corrected chi connectivity index (χ2v) is 8.13. The lowest BCUT2D eigenvalue weighted by Crippen LogP contribution is -2.17. The Hall–Kier alpha value is -2.96. The number of amides is 1. The fourth-order valence-corrected chi connectivity index (χ4v) is 3.17. The molecule has 0 atom stereocenters. The van der Waals surface area contributed by atoms with Crippen LogP contribution in [0.25, 0.3) is 22.3 Å². The van der Waals surface area contributed by atoms with Gasteiger partial charge in [-0.15, -0.1) is 0 Å². The maximum absolute atomic E-state index is 11.8. The number of benzene rings is 1. The van der Waals surface area contributed by atoms with Crippen LogP contribution in [-0.2, 0) is 10.3 Å². The molecule has 2 N–H and O–H groups in total. The summed E-state index contributed by atoms with van der Waals surface area (Å²) < 4.78 is 5.08. The van der Waals surface area contributed by atoms with E-state index in [1.807, 2.05) is 24.3 Å². The summed E-state index contributed by atoms with van der Waals surface area (Å²) in [5.74, 6) is 0. The van der Waals surface area contributed by atoms with Gasteiger partial charge in [0.2, 0.25) is 0 Å². The van der Waals surface area contributed by atoms with Gasteiger partial charge in [0.1, 0.15) is 5.60 Å². The van der Waals surface area contributed by atoms with Gasteiger partial charge in [-0.1, -0.05) is 17.7 Å². The summed E-state index contributed by atoms with van der Waals surface area (Å²) in [6.07, 6.45) is 4.40. The third-order valence-electron chi connectivity index (χ3n) is 4.33. The minimum atomic E-state index is -1.04. The largest absolute Gasteiger partial charge is 0.447 e. The second kappa shape index (κ2) is 8.81. The summed E-state index contributed by atoms with van der Waals surface area (Å²) in [5, 5.41) is 13.4. The van der Waals surface area contributed by atoms with Gasteiger partial charge in [-0.05, 0) is 63.6 Å². The van der Waals surface area contributed by atoms with Crippen molar-refractivity contribution >= 4 is 23.4 Å². The number of aromatic nitrogens is 2. The van der Waals surface area contributed by atoms with Crippen molar-refractivity contribution in [1.29, 1.82) is 0 Å². The lowest BCUT2D eigenvalue weighted by atomic mass is 9.98. The SMILES string of the molecule is CC(C)OC(=O)Nc1ccc(-c2cncc(-c3ccnc(C(C)(C)O)c3)c2)c(Cl)c1. The van der Waals surface area contributed by atoms with Crippen LogP contribution in [-0.4, -0.2) is 27.3 Å². The van der Waals surface area contributed by atoms with E-state index in [-0.39, 0.29) is 6.10 Å². The van der Waals surface area contributed by atoms with E-state index in [0.29, 0.717) is 16.4 Å². The minimum Gasteiger partial charge on any atom is -0.447 e. The second-order valence-electron chi connectivity index (χ2n) is 7.72. The zero-order valence-corrected chi connectivity index (χ0v) is 18.1. The van der Waals surface area contributed by atoms with Crippen LogP contribution < -0.4 is 5.32 Å². The normalized spacial score (nSPS) is 11.4. The number of pyridine rings is 2. The van der Waals surface area contributed by atoms with Crippen LogP contribution in [0.2, 0.25) is 5.02 Å². The zero-order valence-electron chi connectivity index (χ0n) is 17.3. The predicted molar refractivity (Wildman–Crippen MR) is 118 cm³/mol. The van der Waals surface area contributed by atoms with Gasteiger partial charge in [-0.25, -0.2) is 4.79 Å². The van der Waals surface area contributed by atoms with Crippen molar-refractivity contribution < 1.29 is 14.6 Å². The number of anilines is 1. The molecule has 7 heteroatoms. The molecule has 1 aromatic carbocycles. The predicted octanol–water partition coefficient (Wildman–Crippen LogP) is 5.65. The Bertz CT molecular complexity index is 1060. The maximum atomic E-state index is 11.8. The molecule has 0 aliphatic carbocycles. The average Bonchev–Trinajstić information content (AvgIpc) is 2.67. The number of nitrogens with one attached hydrogen (secondary N) is 1. The van der Waals surface area contributed by atoms with E-state index in [4.69, 9.17) is 16.3 Å². The molecule has 0 saturated carbocycles. The van der Waals surface area contributed by atoms with Gasteiger partial charge in [0.05, 0.1) is 16.8 Å². The third-order valence-corrected chi connectivity index (χ3v) is 4.64. The van der Waals surface area contributed by atoms with Gasteiger partial charge >= 0.3 is 6.09 Å². The molecule has 3 rings (SSSR count). The number of carbonyl (C=O) groups excluding carboxylic acids is 1. The highest BCUT2D eigenvalue weighted by Gasteiger charge is 2.18. The van der Waals surface area contributed by atoms with E-state index in [1.165, 1.54) is 0 Å². The Kier molecular flexibility index (Phi) is 6.39. The molecule has 2 aromatic heterocycles. The monoisotopic (exact) mass is 425 g/mol. The lowest BCUT2D eigenvalue weighted by molar-refractivity contribution is 0.0739. The standard InChI is InChI=1S/C23H24ClN3O3/c1-14(2)30-22(28)27-18-5-6-19(20(24)11-18)17-9-16(12-25-13-17)15-7-8-26-21(10-15)23(3,4)29/h5-14,29H,1-4H3,(H,27,28). The Morgan fingerprint density at radius 3 is 2.50 bits per heavy atom. The van der Waals surface area contributed by atoms with Crippen LogP contribution in [0.3, 0.4) is 0 Å². The average molecular weight is 426 g/mol. The molecule has 30 heavy (non-hydrogen) atoms. The van der Waals surface area contributed by atoms with Crippen molar-refractivity contribution in [2.45, 2.75) is 39.4 Å². The highest BCUT2D eigenvalue weighted by molar-refractivity contribution is 6.33. The van der Waals surface area contributed by atoms with Crippen LogP contribution in [0.4, 0.5) is 10.5 Å². The first-order valence-electron chi connectivity index (χ1n) is 9.55. The molecular weight excluding hydrogens is 402 g/mol. The van der Waals surface area contributed by atoms with E-state index in [9.17, 15) is 9.90 Å². The smallest absolute Gasteiger partial charge is 0.411 e. The highest BCUT2D eigenvalue weighted by atomic mass is 35.5. The van der Waals surface area contributed by atoms with E-state index >= 15 is 0 Å². The van der Waals surface area contributed by atoms with Gasteiger partial charge in [-0.3, -0.25) is 15.3 Å². The zero-order chi connectivity index (χ0) is 21.9. The molecule has 3 aromatic rings. The quantitative estimate of drug-likeness (QED) is 0.551. The summed E-state index contributed by atoms with van der Waals surface area (Å²) in [6.45, 7) is 6.95. The summed E-state index contributed by atoms with van der Waals surface area (Å²) in [4.78, 5) is 20.4. The van der Waals surface area contributed by atoms with E-state index in [2.05, 4.69) is 15.3 Å². The van der Waals surface area contributed by atoms with Crippen LogP contribution in [0, 0.1) is 0 Å². The van der Waals surface area contributed by atoms with Crippen LogP contribution in [0.5, 0.6) is 0 Å². The Balaban J connectivity index is 1.88. The molecule has 0 saturated heterocycles. The summed E-state index contributed by atoms with van der Waals surface area (Å²) in [5.41, 5.74) is 3.46. The molecule has 0 fully saturated rings. The van der Waals surface area contributed by atoms with Gasteiger partial charge in [0, 0.05) is 41.0 Å². The van der Waals surface area contributed by atoms with Crippen molar-refractivity contribution in [2.24, 2.45) is 0 Å². The Morgan fingerprint density at radius 2 is 1.83 bits per heavy atom. The van der Waals surface area contributed by atoms with Crippen LogP contribution in [0.15, 0.2) is 55.0 Å². The molecule has 0 aliphatic heterocycles. The number of halogens is 1. The van der Waals surface area contributed by atoms with Gasteiger partial charge in [0.15, 0.2) is 0 Å². The highest BCUT2D eigenvalue weighted by Crippen LogP contribution is 2.33. The Labute approximate surface area is 180 Å². The number of hydrogen-bond donors (Lipinski definition) is 2. The topological polar surface area (TPSA) is 84.3 Å². The Morgan fingerprint density at radius 1 is 1.10 bits per heavy atom. The van der Waals surface area contributed by atoms with E-state index in [1.54, 1.807) is 58.4 Å². The molecule has 0 radical (unpaired) electrons. The number of aliphatic hydroxyl groups is 1. The molecule has 0 bridgehead atoms. The summed E-state index contributed by atoms with van der Waals surface area (Å²) in [6, 6.07) is 10.9. The summed E-state index contributed by atoms with van der Waals surface area (Å²) in [7, 11) is 0. The number of hydrogen-bond acceptors (Lipinski definition) is 5. The first-order valence-corrected chi connectivity index (χ1v) is 9.93. The minimum absolute atomic E-state index is 0.210. The number of ether oxygens (including phenoxy) is 1. The van der Waals surface area contributed by atoms with Gasteiger partial charge < -0.3 is 9.84 Å². The molecule has 2 heterocycles. The summed E-state index contributed by atoms with van der Waals surface area (Å²) >= 11 is 6.47. The number of nitrogens with zero attached hydrogens (tertiary/aromatic N) is 2. The van der Waals surface area contributed by atoms with Crippen molar-refractivity contribution in [3.8, 4) is 22.3 Å². The van der Waals surface area contributed by atoms with Crippen LogP contribution in [0.1, 0.15) is 33.4 Å². The van der Waals surface area contributed by atoms with Gasteiger partial charge in [0.25, 0.3) is 0 Å². The molecule has 0 unspecified atom stereocenters. The first-order chi connectivity index (χ1) is 14.1. The molecular formula is C23H24ClN3O3. The van der Waals surface area contributed by atoms with Crippen molar-refractivity contribution in [3.63, 3.8) is 0 Å². The molecule has 0 spiro atoms. The molecule has 6 nitrogen and oxygen atoms in total. The number of carbonyl (C=O) groups is 1. The van der Waals surface area contributed by atoms with Gasteiger partial charge in [-0.2, -0.15) is 0 Å². The third kappa shape index (κ3) is 5.34. The molecule has 156 valence electrons. The number of rotatable bonds is 5. The van der Waals surface area contributed by atoms with Crippen molar-refractivity contribution in [3.05, 3.63) is 65.7 Å². The van der Waals surface area contributed by atoms with E-state index in [0.717, 1.165) is 22.3 Å². The van der Waals surface area contributed by atoms with Crippen molar-refractivity contribution in [1.82, 2.24) is 9.97 Å². The lowest BCUT2D eigenvalue weighted by Gasteiger charge is -2.17. The van der Waals surface area contributed by atoms with Crippen LogP contribution >= 0.6 is 11.6 Å².